The number of hydrogen-bond acceptors (Lipinski definition) is 3. The molecule has 0 radical (unpaired) electrons. The van der Waals surface area contributed by atoms with Crippen molar-refractivity contribution in [3.63, 3.8) is 0 Å². The zero-order valence-corrected chi connectivity index (χ0v) is 10.8. The van der Waals surface area contributed by atoms with Gasteiger partial charge < -0.3 is 20.8 Å². The van der Waals surface area contributed by atoms with Crippen LogP contribution in [0.25, 0.3) is 0 Å². The molecule has 0 spiro atoms. The summed E-state index contributed by atoms with van der Waals surface area (Å²) in [5.74, 6) is -1.53. The van der Waals surface area contributed by atoms with Gasteiger partial charge in [0.05, 0.1) is 0 Å². The van der Waals surface area contributed by atoms with Crippen LogP contribution < -0.4 is 10.6 Å². The lowest BCUT2D eigenvalue weighted by molar-refractivity contribution is -0.139. The van der Waals surface area contributed by atoms with Crippen LogP contribution in [0.3, 0.4) is 0 Å². The summed E-state index contributed by atoms with van der Waals surface area (Å²) in [4.78, 5) is 22.2. The molecule has 110 valence electrons. The smallest absolute Gasteiger partial charge is 0.326 e. The summed E-state index contributed by atoms with van der Waals surface area (Å²) in [5, 5.41) is 22.2. The van der Waals surface area contributed by atoms with E-state index in [1.165, 1.54) is 12.1 Å². The third-order valence-corrected chi connectivity index (χ3v) is 2.63. The minimum atomic E-state index is -1.20. The van der Waals surface area contributed by atoms with Crippen LogP contribution in [0.15, 0.2) is 24.3 Å². The van der Waals surface area contributed by atoms with Gasteiger partial charge in [-0.15, -0.1) is 0 Å². The molecule has 0 aliphatic heterocycles. The van der Waals surface area contributed by atoms with Crippen LogP contribution in [0.4, 0.5) is 9.18 Å². The molecule has 1 aromatic carbocycles. The van der Waals surface area contributed by atoms with Gasteiger partial charge in [-0.25, -0.2) is 14.0 Å². The van der Waals surface area contributed by atoms with E-state index in [-0.39, 0.29) is 18.8 Å². The van der Waals surface area contributed by atoms with Gasteiger partial charge in [-0.1, -0.05) is 12.1 Å². The molecular formula is C13H17FN2O4. The number of carbonyl (C=O) groups is 2. The number of rotatable bonds is 7. The van der Waals surface area contributed by atoms with Crippen molar-refractivity contribution in [2.45, 2.75) is 18.9 Å². The Morgan fingerprint density at radius 1 is 1.25 bits per heavy atom. The van der Waals surface area contributed by atoms with Crippen molar-refractivity contribution < 1.29 is 24.2 Å². The molecule has 1 aromatic rings. The van der Waals surface area contributed by atoms with Gasteiger partial charge in [0.1, 0.15) is 11.9 Å². The normalized spacial score (nSPS) is 11.7. The maximum Gasteiger partial charge on any atom is 0.326 e. The first-order valence-corrected chi connectivity index (χ1v) is 6.15. The number of nitrogens with one attached hydrogen (secondary N) is 2. The van der Waals surface area contributed by atoms with Crippen molar-refractivity contribution in [3.8, 4) is 0 Å². The molecule has 6 nitrogen and oxygen atoms in total. The summed E-state index contributed by atoms with van der Waals surface area (Å²) < 4.78 is 12.7. The molecule has 0 heterocycles. The van der Waals surface area contributed by atoms with Gasteiger partial charge in [0, 0.05) is 19.6 Å². The Labute approximate surface area is 115 Å². The first-order valence-electron chi connectivity index (χ1n) is 6.15. The summed E-state index contributed by atoms with van der Waals surface area (Å²) in [6, 6.07) is 4.15. The Morgan fingerprint density at radius 3 is 2.45 bits per heavy atom. The molecule has 0 aliphatic rings. The number of hydrogen-bond donors (Lipinski definition) is 4. The van der Waals surface area contributed by atoms with Crippen molar-refractivity contribution in [2.75, 3.05) is 13.2 Å². The van der Waals surface area contributed by atoms with Gasteiger partial charge in [-0.3, -0.25) is 0 Å². The van der Waals surface area contributed by atoms with E-state index >= 15 is 0 Å². The Morgan fingerprint density at radius 2 is 1.90 bits per heavy atom. The van der Waals surface area contributed by atoms with E-state index in [4.69, 9.17) is 10.2 Å². The maximum atomic E-state index is 12.7. The molecule has 0 aromatic heterocycles. The molecule has 0 bridgehead atoms. The monoisotopic (exact) mass is 284 g/mol. The number of urea groups is 1. The van der Waals surface area contributed by atoms with Gasteiger partial charge in [-0.2, -0.15) is 0 Å². The summed E-state index contributed by atoms with van der Waals surface area (Å²) >= 11 is 0. The van der Waals surface area contributed by atoms with Crippen molar-refractivity contribution in [3.05, 3.63) is 35.6 Å². The second kappa shape index (κ2) is 8.11. The average molecular weight is 284 g/mol. The Kier molecular flexibility index (Phi) is 6.45. The van der Waals surface area contributed by atoms with Gasteiger partial charge in [0.2, 0.25) is 0 Å². The second-order valence-electron chi connectivity index (χ2n) is 4.18. The third kappa shape index (κ3) is 5.66. The Hall–Kier alpha value is -2.15. The van der Waals surface area contributed by atoms with Crippen LogP contribution in [0, 0.1) is 5.82 Å². The number of amides is 2. The SMILES string of the molecule is O=C(NCCc1ccc(F)cc1)NC(CCO)C(=O)O. The summed E-state index contributed by atoms with van der Waals surface area (Å²) in [6.07, 6.45) is 0.451. The highest BCUT2D eigenvalue weighted by Crippen LogP contribution is 2.02. The van der Waals surface area contributed by atoms with E-state index in [1.54, 1.807) is 12.1 Å². The van der Waals surface area contributed by atoms with Gasteiger partial charge >= 0.3 is 12.0 Å². The Bertz CT molecular complexity index is 450. The topological polar surface area (TPSA) is 98.7 Å². The minimum absolute atomic E-state index is 0.0548. The highest BCUT2D eigenvalue weighted by molar-refractivity contribution is 5.82. The lowest BCUT2D eigenvalue weighted by Gasteiger charge is -2.13. The molecule has 1 unspecified atom stereocenters. The molecule has 20 heavy (non-hydrogen) atoms. The van der Waals surface area contributed by atoms with E-state index < -0.39 is 18.0 Å². The molecule has 1 rings (SSSR count). The highest BCUT2D eigenvalue weighted by atomic mass is 19.1. The van der Waals surface area contributed by atoms with Gasteiger partial charge in [0.25, 0.3) is 0 Å². The number of aliphatic carboxylic acids is 1. The fourth-order valence-corrected chi connectivity index (χ4v) is 1.57. The quantitative estimate of drug-likeness (QED) is 0.586. The highest BCUT2D eigenvalue weighted by Gasteiger charge is 2.18. The molecular weight excluding hydrogens is 267 g/mol. The average Bonchev–Trinajstić information content (AvgIpc) is 2.40. The summed E-state index contributed by atoms with van der Waals surface area (Å²) in [6.45, 7) is -0.0320. The molecule has 0 saturated carbocycles. The van der Waals surface area contributed by atoms with E-state index in [9.17, 15) is 14.0 Å². The van der Waals surface area contributed by atoms with Crippen molar-refractivity contribution in [1.29, 1.82) is 0 Å². The fourth-order valence-electron chi connectivity index (χ4n) is 1.57. The molecule has 2 amide bonds. The summed E-state index contributed by atoms with van der Waals surface area (Å²) in [5.41, 5.74) is 0.858. The third-order valence-electron chi connectivity index (χ3n) is 2.63. The number of carboxylic acids is 1. The second-order valence-corrected chi connectivity index (χ2v) is 4.18. The number of aliphatic hydroxyl groups excluding tert-OH is 1. The largest absolute Gasteiger partial charge is 0.480 e. The number of carbonyl (C=O) groups excluding carboxylic acids is 1. The predicted octanol–water partition coefficient (Wildman–Crippen LogP) is 0.503. The van der Waals surface area contributed by atoms with E-state index in [2.05, 4.69) is 10.6 Å². The van der Waals surface area contributed by atoms with Crippen LogP contribution in [0.1, 0.15) is 12.0 Å². The zero-order valence-electron chi connectivity index (χ0n) is 10.8. The predicted molar refractivity (Wildman–Crippen MR) is 69.8 cm³/mol. The number of aliphatic hydroxyl groups is 1. The van der Waals surface area contributed by atoms with Gasteiger partial charge in [0.15, 0.2) is 0 Å². The lowest BCUT2D eigenvalue weighted by atomic mass is 10.1. The van der Waals surface area contributed by atoms with Crippen LogP contribution in [0.2, 0.25) is 0 Å². The van der Waals surface area contributed by atoms with E-state index in [0.717, 1.165) is 5.56 Å². The zero-order chi connectivity index (χ0) is 15.0. The first-order chi connectivity index (χ1) is 9.52. The molecule has 0 fully saturated rings. The van der Waals surface area contributed by atoms with Crippen molar-refractivity contribution >= 4 is 12.0 Å². The van der Waals surface area contributed by atoms with E-state index in [0.29, 0.717) is 13.0 Å². The Balaban J connectivity index is 2.32. The summed E-state index contributed by atoms with van der Waals surface area (Å²) in [7, 11) is 0. The van der Waals surface area contributed by atoms with Crippen molar-refractivity contribution in [1.82, 2.24) is 10.6 Å². The fraction of sp³-hybridized carbons (Fsp3) is 0.385. The molecule has 0 aliphatic carbocycles. The van der Waals surface area contributed by atoms with Crippen molar-refractivity contribution in [2.24, 2.45) is 0 Å². The van der Waals surface area contributed by atoms with Gasteiger partial charge in [-0.05, 0) is 24.1 Å². The molecule has 1 atom stereocenters. The standard InChI is InChI=1S/C13H17FN2O4/c14-10-3-1-9(2-4-10)5-7-15-13(20)16-11(6-8-17)12(18)19/h1-4,11,17H,5-8H2,(H,18,19)(H2,15,16,20). The number of carboxylic acid groups (broad SMARTS) is 1. The molecule has 0 saturated heterocycles. The minimum Gasteiger partial charge on any atom is -0.480 e. The first kappa shape index (κ1) is 15.9. The molecule has 7 heteroatoms. The van der Waals surface area contributed by atoms with Crippen LogP contribution in [-0.4, -0.2) is 41.4 Å². The maximum absolute atomic E-state index is 12.7. The molecule has 4 N–H and O–H groups in total. The van der Waals surface area contributed by atoms with Crippen LogP contribution in [0.5, 0.6) is 0 Å². The van der Waals surface area contributed by atoms with E-state index in [1.807, 2.05) is 0 Å². The lowest BCUT2D eigenvalue weighted by Crippen LogP contribution is -2.46. The van der Waals surface area contributed by atoms with Crippen LogP contribution >= 0.6 is 0 Å². The number of halogens is 1. The van der Waals surface area contributed by atoms with Crippen LogP contribution in [-0.2, 0) is 11.2 Å². The number of benzene rings is 1.